The lowest BCUT2D eigenvalue weighted by Gasteiger charge is -2.28. The molecule has 37 heavy (non-hydrogen) atoms. The molecular formula is C28H43NO8. The molecule has 0 aliphatic rings. The minimum atomic E-state index is -1.34. The predicted molar refractivity (Wildman–Crippen MR) is 139 cm³/mol. The van der Waals surface area contributed by atoms with Crippen LogP contribution < -0.4 is 15.2 Å². The number of nitrogens with two attached hydrogens (primary N) is 1. The number of esters is 3. The number of rotatable bonds is 11. The maximum atomic E-state index is 12.7. The van der Waals surface area contributed by atoms with Gasteiger partial charge in [-0.25, -0.2) is 0 Å². The van der Waals surface area contributed by atoms with Gasteiger partial charge in [-0.2, -0.15) is 0 Å². The largest absolute Gasteiger partial charge is 0.480 e. The van der Waals surface area contributed by atoms with E-state index in [4.69, 9.17) is 19.9 Å². The lowest BCUT2D eigenvalue weighted by atomic mass is 9.82. The summed E-state index contributed by atoms with van der Waals surface area (Å²) in [6.45, 7) is 15.7. The van der Waals surface area contributed by atoms with Crippen molar-refractivity contribution < 1.29 is 38.5 Å². The summed E-state index contributed by atoms with van der Waals surface area (Å²) in [7, 11) is 0. The molecule has 0 radical (unpaired) electrons. The molecule has 9 nitrogen and oxygen atoms in total. The van der Waals surface area contributed by atoms with E-state index in [1.54, 1.807) is 54.5 Å². The van der Waals surface area contributed by atoms with Crippen LogP contribution in [0.1, 0.15) is 86.6 Å². The quantitative estimate of drug-likeness (QED) is 0.313. The van der Waals surface area contributed by atoms with Crippen LogP contribution in [0.25, 0.3) is 0 Å². The standard InChI is InChI=1S/C28H43NO8/c1-10-16(2)13-21(30)35-15-17(3)22(23(29)24(31)32)18-11-12-19(36-25(33)27(4,5)6)20(14-18)37-26(34)28(7,8)9/h11-12,14,16-17,22-23H,10,13,15,29H2,1-9H3,(H,31,32)/t16?,17?,22?,23-/m0/s1. The number of carboxylic acid groups (broad SMARTS) is 1. The third-order valence-electron chi connectivity index (χ3n) is 5.99. The number of carbonyl (C=O) groups is 4. The zero-order chi connectivity index (χ0) is 28.7. The Balaban J connectivity index is 3.42. The SMILES string of the molecule is CCC(C)CC(=O)OCC(C)C(c1ccc(OC(=O)C(C)(C)C)c(OC(=O)C(C)(C)C)c1)[C@H](N)C(=O)O. The highest BCUT2D eigenvalue weighted by Gasteiger charge is 2.34. The third-order valence-corrected chi connectivity index (χ3v) is 5.99. The van der Waals surface area contributed by atoms with Crippen molar-refractivity contribution in [1.82, 2.24) is 0 Å². The summed E-state index contributed by atoms with van der Waals surface area (Å²) in [5, 5.41) is 9.69. The van der Waals surface area contributed by atoms with Crippen LogP contribution in [0.4, 0.5) is 0 Å². The fourth-order valence-electron chi connectivity index (χ4n) is 3.26. The van der Waals surface area contributed by atoms with Gasteiger partial charge in [-0.1, -0.05) is 33.3 Å². The summed E-state index contributed by atoms with van der Waals surface area (Å²) in [5.74, 6) is -3.82. The maximum Gasteiger partial charge on any atom is 0.321 e. The first-order valence-corrected chi connectivity index (χ1v) is 12.6. The van der Waals surface area contributed by atoms with Gasteiger partial charge in [0.1, 0.15) is 6.04 Å². The van der Waals surface area contributed by atoms with Gasteiger partial charge in [0.2, 0.25) is 0 Å². The van der Waals surface area contributed by atoms with Crippen LogP contribution in [0.3, 0.4) is 0 Å². The number of hydrogen-bond acceptors (Lipinski definition) is 8. The summed E-state index contributed by atoms with van der Waals surface area (Å²) < 4.78 is 16.5. The van der Waals surface area contributed by atoms with Crippen LogP contribution in [0, 0.1) is 22.7 Å². The molecule has 0 saturated carbocycles. The average molecular weight is 522 g/mol. The Morgan fingerprint density at radius 3 is 1.89 bits per heavy atom. The number of benzene rings is 1. The first-order chi connectivity index (χ1) is 16.9. The summed E-state index contributed by atoms with van der Waals surface area (Å²) in [6, 6.07) is 3.15. The van der Waals surface area contributed by atoms with E-state index in [1.165, 1.54) is 12.1 Å². The molecule has 1 aromatic rings. The Morgan fingerprint density at radius 2 is 1.43 bits per heavy atom. The molecule has 0 aliphatic heterocycles. The number of ether oxygens (including phenoxy) is 3. The van der Waals surface area contributed by atoms with Crippen LogP contribution in [0.15, 0.2) is 18.2 Å². The Kier molecular flexibility index (Phi) is 11.3. The molecule has 0 fully saturated rings. The van der Waals surface area contributed by atoms with Crippen molar-refractivity contribution in [3.05, 3.63) is 23.8 Å². The zero-order valence-electron chi connectivity index (χ0n) is 23.5. The molecular weight excluding hydrogens is 478 g/mol. The Bertz CT molecular complexity index is 973. The molecule has 0 aromatic heterocycles. The fourth-order valence-corrected chi connectivity index (χ4v) is 3.26. The van der Waals surface area contributed by atoms with E-state index in [-0.39, 0.29) is 36.4 Å². The lowest BCUT2D eigenvalue weighted by Crippen LogP contribution is -2.40. The molecule has 208 valence electrons. The van der Waals surface area contributed by atoms with Crippen molar-refractivity contribution in [2.45, 2.75) is 87.1 Å². The van der Waals surface area contributed by atoms with Crippen molar-refractivity contribution in [2.24, 2.45) is 28.4 Å². The van der Waals surface area contributed by atoms with Crippen LogP contribution in [0.2, 0.25) is 0 Å². The Labute approximate surface area is 220 Å². The zero-order valence-corrected chi connectivity index (χ0v) is 23.5. The molecule has 1 aromatic carbocycles. The first-order valence-electron chi connectivity index (χ1n) is 12.6. The Hall–Kier alpha value is -2.94. The smallest absolute Gasteiger partial charge is 0.321 e. The molecule has 3 unspecified atom stereocenters. The summed E-state index contributed by atoms with van der Waals surface area (Å²) in [4.78, 5) is 49.3. The maximum absolute atomic E-state index is 12.7. The molecule has 3 N–H and O–H groups in total. The highest BCUT2D eigenvalue weighted by Crippen LogP contribution is 2.37. The second-order valence-electron chi connectivity index (χ2n) is 11.8. The van der Waals surface area contributed by atoms with Crippen molar-refractivity contribution in [2.75, 3.05) is 6.61 Å². The summed E-state index contributed by atoms with van der Waals surface area (Å²) >= 11 is 0. The molecule has 9 heteroatoms. The summed E-state index contributed by atoms with van der Waals surface area (Å²) in [6.07, 6.45) is 1.10. The molecule has 0 spiro atoms. The van der Waals surface area contributed by atoms with Crippen molar-refractivity contribution in [3.8, 4) is 11.5 Å². The molecule has 0 saturated heterocycles. The monoisotopic (exact) mass is 521 g/mol. The van der Waals surface area contributed by atoms with Crippen LogP contribution in [0.5, 0.6) is 11.5 Å². The average Bonchev–Trinajstić information content (AvgIpc) is 2.77. The van der Waals surface area contributed by atoms with E-state index in [2.05, 4.69) is 0 Å². The third kappa shape index (κ3) is 9.80. The normalized spacial score (nSPS) is 15.2. The highest BCUT2D eigenvalue weighted by molar-refractivity contribution is 5.81. The van der Waals surface area contributed by atoms with Crippen molar-refractivity contribution in [3.63, 3.8) is 0 Å². The minimum Gasteiger partial charge on any atom is -0.480 e. The van der Waals surface area contributed by atoms with Crippen LogP contribution >= 0.6 is 0 Å². The fraction of sp³-hybridized carbons (Fsp3) is 0.643. The molecule has 0 amide bonds. The predicted octanol–water partition coefficient (Wildman–Crippen LogP) is 4.70. The van der Waals surface area contributed by atoms with Gasteiger partial charge in [-0.3, -0.25) is 19.2 Å². The van der Waals surface area contributed by atoms with E-state index < -0.39 is 46.6 Å². The van der Waals surface area contributed by atoms with Gasteiger partial charge in [0.25, 0.3) is 0 Å². The second kappa shape index (κ2) is 13.0. The second-order valence-corrected chi connectivity index (χ2v) is 11.8. The molecule has 0 heterocycles. The lowest BCUT2D eigenvalue weighted by molar-refractivity contribution is -0.146. The van der Waals surface area contributed by atoms with Gasteiger partial charge < -0.3 is 25.1 Å². The van der Waals surface area contributed by atoms with Gasteiger partial charge in [0.15, 0.2) is 11.5 Å². The minimum absolute atomic E-state index is 0.0246. The molecule has 4 atom stereocenters. The van der Waals surface area contributed by atoms with Crippen LogP contribution in [-0.4, -0.2) is 41.6 Å². The van der Waals surface area contributed by atoms with E-state index in [1.807, 2.05) is 13.8 Å². The number of hydrogen-bond donors (Lipinski definition) is 2. The number of carboxylic acids is 1. The Morgan fingerprint density at radius 1 is 0.919 bits per heavy atom. The van der Waals surface area contributed by atoms with E-state index in [9.17, 15) is 24.3 Å². The van der Waals surface area contributed by atoms with E-state index >= 15 is 0 Å². The molecule has 0 aliphatic carbocycles. The van der Waals surface area contributed by atoms with Crippen molar-refractivity contribution in [1.29, 1.82) is 0 Å². The van der Waals surface area contributed by atoms with Crippen molar-refractivity contribution >= 4 is 23.9 Å². The first kappa shape index (κ1) is 32.1. The number of carbonyl (C=O) groups excluding carboxylic acids is 3. The number of aliphatic carboxylic acids is 1. The van der Waals surface area contributed by atoms with Gasteiger partial charge in [0, 0.05) is 12.3 Å². The van der Waals surface area contributed by atoms with Gasteiger partial charge in [0.05, 0.1) is 17.4 Å². The topological polar surface area (TPSA) is 142 Å². The summed E-state index contributed by atoms with van der Waals surface area (Å²) in [5.41, 5.74) is 4.84. The molecule has 0 bridgehead atoms. The van der Waals surface area contributed by atoms with Gasteiger partial charge in [-0.05, 0) is 71.1 Å². The van der Waals surface area contributed by atoms with Crippen LogP contribution in [-0.2, 0) is 23.9 Å². The van der Waals surface area contributed by atoms with Gasteiger partial charge >= 0.3 is 23.9 Å². The highest BCUT2D eigenvalue weighted by atomic mass is 16.6. The van der Waals surface area contributed by atoms with E-state index in [0.717, 1.165) is 6.42 Å². The van der Waals surface area contributed by atoms with E-state index in [0.29, 0.717) is 5.56 Å². The molecule has 1 rings (SSSR count). The van der Waals surface area contributed by atoms with Gasteiger partial charge in [-0.15, -0.1) is 0 Å².